The summed E-state index contributed by atoms with van der Waals surface area (Å²) >= 11 is 0. The van der Waals surface area contributed by atoms with E-state index < -0.39 is 6.10 Å². The summed E-state index contributed by atoms with van der Waals surface area (Å²) < 4.78 is 27.9. The maximum absolute atomic E-state index is 13.1. The van der Waals surface area contributed by atoms with Crippen molar-refractivity contribution in [3.05, 3.63) is 77.9 Å². The third-order valence-corrected chi connectivity index (χ3v) is 5.68. The normalized spacial score (nSPS) is 20.5. The molecule has 31 heavy (non-hydrogen) atoms. The summed E-state index contributed by atoms with van der Waals surface area (Å²) in [6, 6.07) is 20.6. The second-order valence-corrected chi connectivity index (χ2v) is 7.56. The molecule has 156 valence electrons. The Hall–Kier alpha value is -3.87. The number of hydrogen-bond donors (Lipinski definition) is 0. The maximum Gasteiger partial charge on any atom is 0.267 e. The minimum atomic E-state index is -0.614. The van der Waals surface area contributed by atoms with Gasteiger partial charge < -0.3 is 28.6 Å². The Morgan fingerprint density at radius 3 is 2.26 bits per heavy atom. The van der Waals surface area contributed by atoms with Crippen LogP contribution < -0.4 is 23.7 Å². The number of β-lactam (4-membered cyclic amide) rings is 1. The molecule has 3 aromatic rings. The molecule has 0 unspecified atom stereocenters. The van der Waals surface area contributed by atoms with Crippen LogP contribution >= 0.6 is 0 Å². The Morgan fingerprint density at radius 1 is 0.806 bits per heavy atom. The van der Waals surface area contributed by atoms with E-state index >= 15 is 0 Å². The fourth-order valence-electron chi connectivity index (χ4n) is 4.14. The van der Waals surface area contributed by atoms with E-state index in [-0.39, 0.29) is 25.5 Å². The van der Waals surface area contributed by atoms with Gasteiger partial charge in [-0.25, -0.2) is 0 Å². The standard InChI is InChI=1S/C24H19NO6/c26-24-23(31-17-4-2-1-3-5-17)22(16-7-9-19-21(11-16)30-14-28-19)25(24)12-15-6-8-18-20(10-15)29-13-27-18/h1-11,22-23H,12-14H2/t22-,23-/m1/s1. The van der Waals surface area contributed by atoms with Gasteiger partial charge in [0.25, 0.3) is 5.91 Å². The molecule has 1 amide bonds. The Bertz CT molecular complexity index is 1150. The van der Waals surface area contributed by atoms with Crippen LogP contribution in [0.25, 0.3) is 0 Å². The average molecular weight is 417 g/mol. The third kappa shape index (κ3) is 3.09. The number of nitrogens with zero attached hydrogens (tertiary/aromatic N) is 1. The number of rotatable bonds is 5. The van der Waals surface area contributed by atoms with Gasteiger partial charge in [-0.1, -0.05) is 30.3 Å². The summed E-state index contributed by atoms with van der Waals surface area (Å²) in [6.45, 7) is 0.852. The molecule has 7 nitrogen and oxygen atoms in total. The number of likely N-dealkylation sites (tertiary alicyclic amines) is 1. The van der Waals surface area contributed by atoms with Crippen LogP contribution in [0.4, 0.5) is 0 Å². The number of carbonyl (C=O) groups is 1. The highest BCUT2D eigenvalue weighted by Gasteiger charge is 2.50. The van der Waals surface area contributed by atoms with Crippen LogP contribution in [0, 0.1) is 0 Å². The molecule has 2 atom stereocenters. The van der Waals surface area contributed by atoms with Crippen molar-refractivity contribution in [2.75, 3.05) is 13.6 Å². The van der Waals surface area contributed by atoms with Gasteiger partial charge >= 0.3 is 0 Å². The minimum Gasteiger partial charge on any atom is -0.478 e. The van der Waals surface area contributed by atoms with Gasteiger partial charge in [0.2, 0.25) is 19.7 Å². The number of carbonyl (C=O) groups excluding carboxylic acids is 1. The predicted molar refractivity (Wildman–Crippen MR) is 109 cm³/mol. The summed E-state index contributed by atoms with van der Waals surface area (Å²) in [5.74, 6) is 3.40. The average Bonchev–Trinajstić information content (AvgIpc) is 3.47. The van der Waals surface area contributed by atoms with Crippen molar-refractivity contribution >= 4 is 5.91 Å². The van der Waals surface area contributed by atoms with Gasteiger partial charge in [0.05, 0.1) is 0 Å². The molecule has 3 aromatic carbocycles. The van der Waals surface area contributed by atoms with Gasteiger partial charge in [0, 0.05) is 6.54 Å². The number of benzene rings is 3. The molecular formula is C24H19NO6. The first-order chi connectivity index (χ1) is 15.3. The van der Waals surface area contributed by atoms with E-state index in [2.05, 4.69) is 0 Å². The first-order valence-corrected chi connectivity index (χ1v) is 10.1. The SMILES string of the molecule is O=C1[C@H](Oc2ccccc2)[C@@H](c2ccc3c(c2)OCO3)N1Cc1ccc2c(c1)OCO2. The highest BCUT2D eigenvalue weighted by Crippen LogP contribution is 2.43. The molecule has 0 aromatic heterocycles. The van der Waals surface area contributed by atoms with Gasteiger partial charge in [-0.2, -0.15) is 0 Å². The smallest absolute Gasteiger partial charge is 0.267 e. The lowest BCUT2D eigenvalue weighted by Crippen LogP contribution is -2.60. The van der Waals surface area contributed by atoms with Crippen molar-refractivity contribution in [2.24, 2.45) is 0 Å². The predicted octanol–water partition coefficient (Wildman–Crippen LogP) is 3.68. The Morgan fingerprint density at radius 2 is 1.48 bits per heavy atom. The van der Waals surface area contributed by atoms with E-state index in [1.54, 1.807) is 0 Å². The Kier molecular flexibility index (Phi) is 4.12. The maximum atomic E-state index is 13.1. The molecule has 1 saturated heterocycles. The van der Waals surface area contributed by atoms with Crippen LogP contribution in [0.3, 0.4) is 0 Å². The minimum absolute atomic E-state index is 0.0656. The van der Waals surface area contributed by atoms with Crippen molar-refractivity contribution in [3.8, 4) is 28.7 Å². The molecule has 0 radical (unpaired) electrons. The highest BCUT2D eigenvalue weighted by molar-refractivity contribution is 5.89. The first kappa shape index (κ1) is 17.9. The van der Waals surface area contributed by atoms with Crippen molar-refractivity contribution in [1.29, 1.82) is 0 Å². The molecule has 1 fully saturated rings. The molecule has 0 saturated carbocycles. The van der Waals surface area contributed by atoms with Crippen LogP contribution in [0.15, 0.2) is 66.7 Å². The van der Waals surface area contributed by atoms with Crippen LogP contribution in [0.1, 0.15) is 17.2 Å². The first-order valence-electron chi connectivity index (χ1n) is 10.1. The second-order valence-electron chi connectivity index (χ2n) is 7.56. The van der Waals surface area contributed by atoms with Gasteiger partial charge in [0.15, 0.2) is 23.0 Å². The van der Waals surface area contributed by atoms with Gasteiger partial charge in [-0.05, 0) is 47.5 Å². The number of fused-ring (bicyclic) bond motifs is 2. The van der Waals surface area contributed by atoms with Gasteiger partial charge in [-0.3, -0.25) is 4.79 Å². The summed E-state index contributed by atoms with van der Waals surface area (Å²) in [7, 11) is 0. The lowest BCUT2D eigenvalue weighted by atomic mass is 9.89. The zero-order valence-electron chi connectivity index (χ0n) is 16.5. The van der Waals surface area contributed by atoms with Crippen LogP contribution in [0.2, 0.25) is 0 Å². The zero-order valence-corrected chi connectivity index (χ0v) is 16.5. The van der Waals surface area contributed by atoms with Crippen molar-refractivity contribution in [1.82, 2.24) is 4.90 Å². The summed E-state index contributed by atoms with van der Waals surface area (Å²) in [5.41, 5.74) is 1.90. The monoisotopic (exact) mass is 417 g/mol. The number of para-hydroxylation sites is 1. The molecule has 0 N–H and O–H groups in total. The van der Waals surface area contributed by atoms with Crippen molar-refractivity contribution in [2.45, 2.75) is 18.7 Å². The van der Waals surface area contributed by atoms with E-state index in [9.17, 15) is 4.79 Å². The van der Waals surface area contributed by atoms with E-state index in [0.717, 1.165) is 16.9 Å². The highest BCUT2D eigenvalue weighted by atomic mass is 16.7. The summed E-state index contributed by atoms with van der Waals surface area (Å²) in [5, 5.41) is 0. The van der Waals surface area contributed by atoms with Crippen LogP contribution in [0.5, 0.6) is 28.7 Å². The zero-order chi connectivity index (χ0) is 20.8. The fourth-order valence-corrected chi connectivity index (χ4v) is 4.14. The number of amides is 1. The molecule has 7 heteroatoms. The van der Waals surface area contributed by atoms with Crippen molar-refractivity contribution < 1.29 is 28.5 Å². The lowest BCUT2D eigenvalue weighted by Gasteiger charge is -2.46. The molecule has 3 aliphatic rings. The number of hydrogen-bond acceptors (Lipinski definition) is 6. The van der Waals surface area contributed by atoms with E-state index in [1.165, 1.54) is 0 Å². The molecule has 0 aliphatic carbocycles. The second kappa shape index (κ2) is 7.12. The summed E-state index contributed by atoms with van der Waals surface area (Å²) in [4.78, 5) is 14.9. The molecule has 3 heterocycles. The topological polar surface area (TPSA) is 66.5 Å². The Labute approximate surface area is 178 Å². The van der Waals surface area contributed by atoms with E-state index in [0.29, 0.717) is 29.5 Å². The molecule has 0 spiro atoms. The summed E-state index contributed by atoms with van der Waals surface area (Å²) in [6.07, 6.45) is -0.614. The van der Waals surface area contributed by atoms with E-state index in [1.807, 2.05) is 71.6 Å². The Balaban J connectivity index is 1.31. The quantitative estimate of drug-likeness (QED) is 0.590. The van der Waals surface area contributed by atoms with Gasteiger partial charge in [-0.15, -0.1) is 0 Å². The van der Waals surface area contributed by atoms with Crippen LogP contribution in [-0.4, -0.2) is 30.5 Å². The van der Waals surface area contributed by atoms with Gasteiger partial charge in [0.1, 0.15) is 11.8 Å². The van der Waals surface area contributed by atoms with Crippen LogP contribution in [-0.2, 0) is 11.3 Å². The molecule has 6 rings (SSSR count). The number of ether oxygens (including phenoxy) is 5. The third-order valence-electron chi connectivity index (χ3n) is 5.68. The largest absolute Gasteiger partial charge is 0.478 e. The molecule has 3 aliphatic heterocycles. The molecule has 0 bridgehead atoms. The lowest BCUT2D eigenvalue weighted by molar-refractivity contribution is -0.165. The van der Waals surface area contributed by atoms with E-state index in [4.69, 9.17) is 23.7 Å². The fraction of sp³-hybridized carbons (Fsp3) is 0.208. The van der Waals surface area contributed by atoms with Crippen molar-refractivity contribution in [3.63, 3.8) is 0 Å². The molecular weight excluding hydrogens is 398 g/mol.